The summed E-state index contributed by atoms with van der Waals surface area (Å²) < 4.78 is 1.84. The van der Waals surface area contributed by atoms with Gasteiger partial charge in [-0.25, -0.2) is 4.68 Å². The van der Waals surface area contributed by atoms with Gasteiger partial charge in [0.1, 0.15) is 4.47 Å². The Morgan fingerprint density at radius 3 is 2.89 bits per heavy atom. The molecule has 0 amide bonds. The molecule has 0 radical (unpaired) electrons. The number of nitrogens with zero attached hydrogens (tertiary/aromatic N) is 2. The Labute approximate surface area is 124 Å². The van der Waals surface area contributed by atoms with Gasteiger partial charge in [-0.1, -0.05) is 0 Å². The molecule has 1 N–H and O–H groups in total. The Morgan fingerprint density at radius 2 is 2.26 bits per heavy atom. The van der Waals surface area contributed by atoms with E-state index in [9.17, 15) is 4.79 Å². The van der Waals surface area contributed by atoms with E-state index in [4.69, 9.17) is 0 Å². The maximum atomic E-state index is 11.7. The molecule has 2 rings (SSSR count). The highest BCUT2D eigenvalue weighted by molar-refractivity contribution is 9.10. The summed E-state index contributed by atoms with van der Waals surface area (Å²) in [4.78, 5) is 14.4. The number of hydrogen-bond donors (Lipinski definition) is 1. The number of nitrogens with one attached hydrogen (secondary N) is 1. The second kappa shape index (κ2) is 5.88. The van der Waals surface area contributed by atoms with Gasteiger partial charge in [0.2, 0.25) is 0 Å². The van der Waals surface area contributed by atoms with Crippen molar-refractivity contribution in [1.29, 1.82) is 0 Å². The number of anilines is 1. The molecular formula is C13H16BrN3OS. The zero-order valence-corrected chi connectivity index (χ0v) is 13.5. The van der Waals surface area contributed by atoms with Crippen molar-refractivity contribution in [3.63, 3.8) is 0 Å². The highest BCUT2D eigenvalue weighted by Crippen LogP contribution is 2.20. The quantitative estimate of drug-likeness (QED) is 0.929. The standard InChI is InChI=1S/C13H16BrN3OS/c1-8(6-10-5-4-9(2)19-10)16-11-7-15-17(3)13(18)12(11)14/h4-5,7-8,16H,6H2,1-3H3. The van der Waals surface area contributed by atoms with Gasteiger partial charge < -0.3 is 5.32 Å². The molecule has 2 aromatic rings. The lowest BCUT2D eigenvalue weighted by molar-refractivity contribution is 0.699. The molecule has 0 fully saturated rings. The van der Waals surface area contributed by atoms with Crippen LogP contribution in [0.4, 0.5) is 5.69 Å². The first-order valence-electron chi connectivity index (χ1n) is 6.01. The monoisotopic (exact) mass is 341 g/mol. The van der Waals surface area contributed by atoms with Crippen molar-refractivity contribution in [2.45, 2.75) is 26.3 Å². The molecular weight excluding hydrogens is 326 g/mol. The van der Waals surface area contributed by atoms with E-state index in [-0.39, 0.29) is 11.6 Å². The molecule has 0 aliphatic carbocycles. The third-order valence-electron chi connectivity index (χ3n) is 2.78. The van der Waals surface area contributed by atoms with Gasteiger partial charge >= 0.3 is 0 Å². The van der Waals surface area contributed by atoms with Gasteiger partial charge in [0.05, 0.1) is 11.9 Å². The molecule has 0 saturated heterocycles. The second-order valence-electron chi connectivity index (χ2n) is 4.56. The van der Waals surface area contributed by atoms with E-state index in [0.717, 1.165) is 12.1 Å². The van der Waals surface area contributed by atoms with Crippen LogP contribution >= 0.6 is 27.3 Å². The average Bonchev–Trinajstić information content (AvgIpc) is 2.75. The highest BCUT2D eigenvalue weighted by atomic mass is 79.9. The molecule has 0 aliphatic heterocycles. The van der Waals surface area contributed by atoms with Gasteiger partial charge in [-0.05, 0) is 41.9 Å². The van der Waals surface area contributed by atoms with Gasteiger partial charge in [-0.3, -0.25) is 4.79 Å². The lowest BCUT2D eigenvalue weighted by Gasteiger charge is -2.15. The molecule has 6 heteroatoms. The third-order valence-corrected chi connectivity index (χ3v) is 4.57. The summed E-state index contributed by atoms with van der Waals surface area (Å²) in [5, 5.41) is 7.34. The number of rotatable bonds is 4. The molecule has 2 aromatic heterocycles. The van der Waals surface area contributed by atoms with E-state index in [1.54, 1.807) is 24.6 Å². The van der Waals surface area contributed by atoms with Crippen molar-refractivity contribution in [3.8, 4) is 0 Å². The van der Waals surface area contributed by atoms with Crippen LogP contribution in [0, 0.1) is 6.92 Å². The summed E-state index contributed by atoms with van der Waals surface area (Å²) >= 11 is 5.12. The first-order chi connectivity index (χ1) is 8.97. The van der Waals surface area contributed by atoms with Crippen LogP contribution in [-0.4, -0.2) is 15.8 Å². The van der Waals surface area contributed by atoms with E-state index in [2.05, 4.69) is 52.3 Å². The van der Waals surface area contributed by atoms with Crippen LogP contribution in [0.15, 0.2) is 27.6 Å². The van der Waals surface area contributed by atoms with Crippen LogP contribution in [-0.2, 0) is 13.5 Å². The van der Waals surface area contributed by atoms with Crippen LogP contribution in [0.1, 0.15) is 16.7 Å². The molecule has 0 bridgehead atoms. The first kappa shape index (κ1) is 14.3. The van der Waals surface area contributed by atoms with E-state index in [1.165, 1.54) is 14.4 Å². The third kappa shape index (κ3) is 3.45. The fourth-order valence-corrected chi connectivity index (χ4v) is 3.32. The number of aryl methyl sites for hydroxylation is 2. The summed E-state index contributed by atoms with van der Waals surface area (Å²) in [6.07, 6.45) is 2.60. The molecule has 0 aromatic carbocycles. The van der Waals surface area contributed by atoms with Crippen molar-refractivity contribution in [2.24, 2.45) is 7.05 Å². The van der Waals surface area contributed by atoms with E-state index in [1.807, 2.05) is 0 Å². The smallest absolute Gasteiger partial charge is 0.282 e. The molecule has 2 heterocycles. The lowest BCUT2D eigenvalue weighted by atomic mass is 10.2. The average molecular weight is 342 g/mol. The summed E-state index contributed by atoms with van der Waals surface area (Å²) in [7, 11) is 1.63. The minimum atomic E-state index is -0.135. The minimum Gasteiger partial charge on any atom is -0.380 e. The minimum absolute atomic E-state index is 0.135. The molecule has 4 nitrogen and oxygen atoms in total. The lowest BCUT2D eigenvalue weighted by Crippen LogP contribution is -2.24. The highest BCUT2D eigenvalue weighted by Gasteiger charge is 2.10. The van der Waals surface area contributed by atoms with Crippen molar-refractivity contribution in [2.75, 3.05) is 5.32 Å². The first-order valence-corrected chi connectivity index (χ1v) is 7.62. The Balaban J connectivity index is 2.09. The molecule has 0 spiro atoms. The predicted octanol–water partition coefficient (Wildman–Crippen LogP) is 2.96. The van der Waals surface area contributed by atoms with Crippen LogP contribution in [0.2, 0.25) is 0 Å². The van der Waals surface area contributed by atoms with Crippen LogP contribution < -0.4 is 10.9 Å². The van der Waals surface area contributed by atoms with E-state index >= 15 is 0 Å². The maximum absolute atomic E-state index is 11.7. The van der Waals surface area contributed by atoms with Gasteiger partial charge in [-0.2, -0.15) is 5.10 Å². The van der Waals surface area contributed by atoms with Gasteiger partial charge in [0, 0.05) is 29.3 Å². The Hall–Kier alpha value is -1.14. The normalized spacial score (nSPS) is 12.4. The van der Waals surface area contributed by atoms with Crippen molar-refractivity contribution >= 4 is 33.0 Å². The summed E-state index contributed by atoms with van der Waals surface area (Å²) in [5.74, 6) is 0. The molecule has 19 heavy (non-hydrogen) atoms. The van der Waals surface area contributed by atoms with Gasteiger partial charge in [0.15, 0.2) is 0 Å². The van der Waals surface area contributed by atoms with Gasteiger partial charge in [-0.15, -0.1) is 11.3 Å². The summed E-state index contributed by atoms with van der Waals surface area (Å²) in [5.41, 5.74) is 0.605. The molecule has 102 valence electrons. The number of thiophene rings is 1. The number of hydrogen-bond acceptors (Lipinski definition) is 4. The molecule has 1 unspecified atom stereocenters. The predicted molar refractivity (Wildman–Crippen MR) is 83.0 cm³/mol. The second-order valence-corrected chi connectivity index (χ2v) is 6.73. The van der Waals surface area contributed by atoms with Crippen LogP contribution in [0.3, 0.4) is 0 Å². The zero-order valence-electron chi connectivity index (χ0n) is 11.1. The van der Waals surface area contributed by atoms with E-state index in [0.29, 0.717) is 4.47 Å². The SMILES string of the molecule is Cc1ccc(CC(C)Nc2cnn(C)c(=O)c2Br)s1. The largest absolute Gasteiger partial charge is 0.380 e. The Morgan fingerprint density at radius 1 is 1.53 bits per heavy atom. The fraction of sp³-hybridized carbons (Fsp3) is 0.385. The van der Waals surface area contributed by atoms with Crippen molar-refractivity contribution in [3.05, 3.63) is 42.9 Å². The number of halogens is 1. The maximum Gasteiger partial charge on any atom is 0.282 e. The van der Waals surface area contributed by atoms with Crippen molar-refractivity contribution < 1.29 is 0 Å². The Kier molecular flexibility index (Phi) is 4.42. The molecule has 0 aliphatic rings. The Bertz CT molecular complexity index is 635. The van der Waals surface area contributed by atoms with Crippen LogP contribution in [0.5, 0.6) is 0 Å². The summed E-state index contributed by atoms with van der Waals surface area (Å²) in [6, 6.07) is 4.51. The molecule has 0 saturated carbocycles. The van der Waals surface area contributed by atoms with Crippen LogP contribution in [0.25, 0.3) is 0 Å². The fourth-order valence-electron chi connectivity index (χ4n) is 1.82. The molecule has 1 atom stereocenters. The number of aromatic nitrogens is 2. The topological polar surface area (TPSA) is 46.9 Å². The summed E-state index contributed by atoms with van der Waals surface area (Å²) in [6.45, 7) is 4.20. The van der Waals surface area contributed by atoms with E-state index < -0.39 is 0 Å². The van der Waals surface area contributed by atoms with Gasteiger partial charge in [0.25, 0.3) is 5.56 Å². The zero-order chi connectivity index (χ0) is 14.0. The van der Waals surface area contributed by atoms with Crippen molar-refractivity contribution in [1.82, 2.24) is 9.78 Å².